The van der Waals surface area contributed by atoms with Gasteiger partial charge in [-0.15, -0.1) is 0 Å². The molecule has 0 radical (unpaired) electrons. The number of anilines is 1. The minimum atomic E-state index is -1.85. The zero-order valence-corrected chi connectivity index (χ0v) is 37.5. The highest BCUT2D eigenvalue weighted by Crippen LogP contribution is 2.42. The van der Waals surface area contributed by atoms with Crippen LogP contribution in [-0.2, 0) is 13.6 Å². The van der Waals surface area contributed by atoms with Crippen molar-refractivity contribution in [3.05, 3.63) is 117 Å². The van der Waals surface area contributed by atoms with Gasteiger partial charge in [-0.1, -0.05) is 104 Å². The molecule has 290 valence electrons. The second-order valence-electron chi connectivity index (χ2n) is 18.9. The third-order valence-corrected chi connectivity index (χ3v) is 20.4. The van der Waals surface area contributed by atoms with E-state index in [1.54, 1.807) is 0 Å². The molecule has 0 aromatic heterocycles. The number of hydrogen-bond acceptors (Lipinski definition) is 5. The molecule has 1 aromatic rings. The Labute approximate surface area is 329 Å². The lowest BCUT2D eigenvalue weighted by Crippen LogP contribution is -2.44. The summed E-state index contributed by atoms with van der Waals surface area (Å²) in [5.41, 5.74) is 4.72. The molecule has 1 heterocycles. The van der Waals surface area contributed by atoms with Crippen LogP contribution in [0.5, 0.6) is 0 Å². The van der Waals surface area contributed by atoms with Gasteiger partial charge in [-0.2, -0.15) is 0 Å². The second kappa shape index (κ2) is 17.3. The molecule has 0 atom stereocenters. The molecular formula is C45H64N4O3Si2. The van der Waals surface area contributed by atoms with Crippen LogP contribution in [0.25, 0.3) is 15.8 Å². The number of hydrogen-bond donors (Lipinski definition) is 0. The van der Waals surface area contributed by atoms with Gasteiger partial charge in [0.25, 0.3) is 5.70 Å². The van der Waals surface area contributed by atoms with Gasteiger partial charge in [0, 0.05) is 24.4 Å². The lowest BCUT2D eigenvalue weighted by molar-refractivity contribution is 0.0951. The van der Waals surface area contributed by atoms with Crippen molar-refractivity contribution in [2.24, 2.45) is 5.41 Å². The van der Waals surface area contributed by atoms with Gasteiger partial charge in [-0.25, -0.2) is 15.0 Å². The maximum absolute atomic E-state index is 9.39. The Morgan fingerprint density at radius 2 is 1.44 bits per heavy atom. The van der Waals surface area contributed by atoms with E-state index in [-0.39, 0.29) is 32.6 Å². The van der Waals surface area contributed by atoms with Crippen LogP contribution in [-0.4, -0.2) is 48.5 Å². The predicted octanol–water partition coefficient (Wildman–Crippen LogP) is 12.4. The molecule has 2 aliphatic rings. The average molecular weight is 765 g/mol. The standard InChI is InChI=1S/C45H64N4O3Si2/c1-42(2,3)53(13,14)50-28-26-49(27-29-51-54(15,16)43(4,5)6)37-24-22-34(23-25-37)20-21-36-30-35(31-44(7,8)32-36)18-17-19-38-40(48-12)41(39(33-46)47-11)52-45(38,9)10/h17-25,30H,26-29,31-32H2,1-10,13-16H3. The summed E-state index contributed by atoms with van der Waals surface area (Å²) in [6, 6.07) is 10.7. The molecule has 7 nitrogen and oxygen atoms in total. The minimum absolute atomic E-state index is 0.0676. The number of nitriles is 1. The number of nitrogens with zero attached hydrogens (tertiary/aromatic N) is 4. The molecule has 0 fully saturated rings. The molecule has 0 amide bonds. The van der Waals surface area contributed by atoms with Crippen molar-refractivity contribution in [3.8, 4) is 6.07 Å². The maximum atomic E-state index is 9.39. The third-order valence-electron chi connectivity index (χ3n) is 11.3. The first-order valence-corrected chi connectivity index (χ1v) is 24.9. The van der Waals surface area contributed by atoms with Crippen molar-refractivity contribution in [2.45, 2.75) is 124 Å². The minimum Gasteiger partial charge on any atom is -0.505 e. The number of allylic oxidation sites excluding steroid dienone is 7. The van der Waals surface area contributed by atoms with Crippen molar-refractivity contribution in [2.75, 3.05) is 31.2 Å². The van der Waals surface area contributed by atoms with Crippen molar-refractivity contribution >= 4 is 28.4 Å². The molecular weight excluding hydrogens is 701 g/mol. The fourth-order valence-corrected chi connectivity index (χ4v) is 8.13. The first kappa shape index (κ1) is 44.5. The first-order valence-electron chi connectivity index (χ1n) is 19.1. The lowest BCUT2D eigenvalue weighted by atomic mass is 9.75. The summed E-state index contributed by atoms with van der Waals surface area (Å²) in [7, 11) is -3.71. The highest BCUT2D eigenvalue weighted by molar-refractivity contribution is 6.74. The van der Waals surface area contributed by atoms with Crippen LogP contribution in [0, 0.1) is 29.9 Å². The van der Waals surface area contributed by atoms with Crippen molar-refractivity contribution < 1.29 is 13.6 Å². The van der Waals surface area contributed by atoms with Crippen LogP contribution >= 0.6 is 0 Å². The van der Waals surface area contributed by atoms with Crippen LogP contribution in [0.1, 0.15) is 87.6 Å². The van der Waals surface area contributed by atoms with Gasteiger partial charge in [-0.05, 0) is 97.2 Å². The Hall–Kier alpha value is -3.92. The van der Waals surface area contributed by atoms with E-state index in [0.29, 0.717) is 18.8 Å². The first-order chi connectivity index (χ1) is 24.9. The molecule has 0 bridgehead atoms. The van der Waals surface area contributed by atoms with Crippen LogP contribution in [0.3, 0.4) is 0 Å². The zero-order valence-electron chi connectivity index (χ0n) is 35.5. The van der Waals surface area contributed by atoms with Crippen LogP contribution in [0.4, 0.5) is 5.69 Å². The van der Waals surface area contributed by atoms with Gasteiger partial charge in [0.15, 0.2) is 16.6 Å². The number of benzene rings is 1. The Kier molecular flexibility index (Phi) is 14.2. The van der Waals surface area contributed by atoms with Crippen LogP contribution in [0.2, 0.25) is 36.3 Å². The monoisotopic (exact) mass is 764 g/mol. The zero-order chi connectivity index (χ0) is 40.8. The summed E-state index contributed by atoms with van der Waals surface area (Å²) < 4.78 is 19.1. The maximum Gasteiger partial charge on any atom is 0.292 e. The third kappa shape index (κ3) is 11.5. The number of rotatable bonds is 13. The average Bonchev–Trinajstić information content (AvgIpc) is 3.30. The van der Waals surface area contributed by atoms with Gasteiger partial charge in [0.1, 0.15) is 11.4 Å². The van der Waals surface area contributed by atoms with E-state index in [4.69, 9.17) is 26.7 Å². The molecule has 0 unspecified atom stereocenters. The number of ether oxygens (including phenoxy) is 1. The van der Waals surface area contributed by atoms with E-state index >= 15 is 0 Å². The summed E-state index contributed by atoms with van der Waals surface area (Å²) in [5.74, 6) is 0.0676. The van der Waals surface area contributed by atoms with E-state index in [2.05, 4.69) is 145 Å². The fraction of sp³-hybridized carbons (Fsp3) is 0.533. The molecule has 54 heavy (non-hydrogen) atoms. The van der Waals surface area contributed by atoms with Gasteiger partial charge < -0.3 is 18.5 Å². The predicted molar refractivity (Wildman–Crippen MR) is 230 cm³/mol. The summed E-state index contributed by atoms with van der Waals surface area (Å²) >= 11 is 0. The van der Waals surface area contributed by atoms with E-state index in [0.717, 1.165) is 31.5 Å². The second-order valence-corrected chi connectivity index (χ2v) is 28.5. The molecule has 0 saturated heterocycles. The summed E-state index contributed by atoms with van der Waals surface area (Å²) in [4.78, 5) is 9.32. The van der Waals surface area contributed by atoms with Crippen LogP contribution < -0.4 is 4.90 Å². The van der Waals surface area contributed by atoms with Crippen LogP contribution in [0.15, 0.2) is 88.5 Å². The molecule has 3 rings (SSSR count). The normalized spacial score (nSPS) is 19.4. The Morgan fingerprint density at radius 3 is 1.93 bits per heavy atom. The van der Waals surface area contributed by atoms with Crippen molar-refractivity contribution in [1.29, 1.82) is 5.26 Å². The molecule has 9 heteroatoms. The van der Waals surface area contributed by atoms with E-state index in [1.165, 1.54) is 16.8 Å². The Morgan fingerprint density at radius 1 is 0.889 bits per heavy atom. The van der Waals surface area contributed by atoms with E-state index in [9.17, 15) is 5.26 Å². The molecule has 1 aliphatic heterocycles. The molecule has 0 saturated carbocycles. The van der Waals surface area contributed by atoms with E-state index in [1.807, 2.05) is 32.1 Å². The molecule has 1 aliphatic carbocycles. The molecule has 0 N–H and O–H groups in total. The smallest absolute Gasteiger partial charge is 0.292 e. The van der Waals surface area contributed by atoms with E-state index < -0.39 is 22.2 Å². The summed E-state index contributed by atoms with van der Waals surface area (Å²) in [6.07, 6.45) is 14.5. The highest BCUT2D eigenvalue weighted by atomic mass is 28.4. The fourth-order valence-electron chi connectivity index (χ4n) is 6.06. The Balaban J connectivity index is 1.82. The molecule has 0 spiro atoms. The topological polar surface area (TPSA) is 63.4 Å². The van der Waals surface area contributed by atoms with Gasteiger partial charge in [-0.3, -0.25) is 0 Å². The molecule has 1 aromatic carbocycles. The SMILES string of the molecule is [C-]#[N+]C(C#N)=C1OC(C)(C)C(C=CC=C2C=C(C=Cc3ccc(N(CCO[Si](C)(C)C(C)(C)C)CCO[Si](C)(C)C(C)(C)C)cc3)CC(C)(C)C2)=C1[N+]#[C-]. The largest absolute Gasteiger partial charge is 0.505 e. The Bertz CT molecular complexity index is 1790. The highest BCUT2D eigenvalue weighted by Gasteiger charge is 2.39. The quantitative estimate of drug-likeness (QED) is 0.114. The lowest BCUT2D eigenvalue weighted by Gasteiger charge is -2.38. The van der Waals surface area contributed by atoms with Gasteiger partial charge >= 0.3 is 0 Å². The van der Waals surface area contributed by atoms with Crippen molar-refractivity contribution in [3.63, 3.8) is 0 Å². The van der Waals surface area contributed by atoms with Gasteiger partial charge in [0.2, 0.25) is 5.70 Å². The summed E-state index contributed by atoms with van der Waals surface area (Å²) in [5, 5.41) is 9.73. The summed E-state index contributed by atoms with van der Waals surface area (Å²) in [6.45, 7) is 49.3. The van der Waals surface area contributed by atoms with Gasteiger partial charge in [0.05, 0.1) is 32.4 Å². The van der Waals surface area contributed by atoms with Crippen molar-refractivity contribution in [1.82, 2.24) is 0 Å².